The summed E-state index contributed by atoms with van der Waals surface area (Å²) in [6.07, 6.45) is 0.388. The van der Waals surface area contributed by atoms with Crippen molar-refractivity contribution in [3.63, 3.8) is 0 Å². The molecule has 0 unspecified atom stereocenters. The minimum Gasteiger partial charge on any atom is -0.340 e. The van der Waals surface area contributed by atoms with Crippen LogP contribution in [0.5, 0.6) is 5.75 Å². The predicted molar refractivity (Wildman–Crippen MR) is 45.3 cm³/mol. The first-order valence-corrected chi connectivity index (χ1v) is 3.74. The molecule has 1 N–H and O–H groups in total. The summed E-state index contributed by atoms with van der Waals surface area (Å²) in [5, 5.41) is 18.3. The van der Waals surface area contributed by atoms with Gasteiger partial charge in [0, 0.05) is 11.3 Å². The smallest absolute Gasteiger partial charge is 0.207 e. The molecule has 0 radical (unpaired) electrons. The number of nitrogens with zero attached hydrogens (tertiary/aromatic N) is 1. The van der Waals surface area contributed by atoms with E-state index >= 15 is 0 Å². The van der Waals surface area contributed by atoms with Gasteiger partial charge in [-0.15, -0.1) is 0 Å². The molecule has 0 amide bonds. The van der Waals surface area contributed by atoms with Crippen LogP contribution < -0.4 is 4.89 Å². The third kappa shape index (κ3) is 3.08. The van der Waals surface area contributed by atoms with E-state index in [1.807, 2.05) is 0 Å². The van der Waals surface area contributed by atoms with Gasteiger partial charge in [-0.25, -0.2) is 5.26 Å². The number of hydrogen-bond acceptors (Lipinski definition) is 4. The van der Waals surface area contributed by atoms with Crippen molar-refractivity contribution in [1.29, 1.82) is 0 Å². The van der Waals surface area contributed by atoms with Gasteiger partial charge in [0.05, 0.1) is 0 Å². The summed E-state index contributed by atoms with van der Waals surface area (Å²) < 4.78 is 0. The first-order valence-electron chi connectivity index (χ1n) is 3.74. The highest BCUT2D eigenvalue weighted by atomic mass is 17.1. The summed E-state index contributed by atoms with van der Waals surface area (Å²) in [6.45, 7) is -0.0840. The average Bonchev–Trinajstić information content (AvgIpc) is 2.15. The van der Waals surface area contributed by atoms with Crippen LogP contribution in [0.2, 0.25) is 0 Å². The molecule has 0 heterocycles. The Bertz CT molecular complexity index is 283. The van der Waals surface area contributed by atoms with Gasteiger partial charge >= 0.3 is 0 Å². The maximum atomic E-state index is 10.0. The summed E-state index contributed by atoms with van der Waals surface area (Å²) in [6, 6.07) is 6.45. The van der Waals surface area contributed by atoms with Crippen molar-refractivity contribution < 1.29 is 15.1 Å². The summed E-state index contributed by atoms with van der Waals surface area (Å²) in [5.41, 5.74) is 0.845. The molecule has 1 aromatic rings. The van der Waals surface area contributed by atoms with Crippen LogP contribution in [0.4, 0.5) is 0 Å². The lowest BCUT2D eigenvalue weighted by Crippen LogP contribution is -2.03. The Hall–Kier alpha value is -1.62. The van der Waals surface area contributed by atoms with E-state index in [0.717, 1.165) is 5.56 Å². The molecule has 0 spiro atoms. The second-order valence-corrected chi connectivity index (χ2v) is 2.54. The Labute approximate surface area is 74.7 Å². The fourth-order valence-electron chi connectivity index (χ4n) is 0.937. The maximum absolute atomic E-state index is 10.0. The van der Waals surface area contributed by atoms with Gasteiger partial charge in [-0.05, 0) is 17.7 Å². The van der Waals surface area contributed by atoms with Crippen LogP contribution in [0, 0.1) is 10.1 Å². The quantitative estimate of drug-likeness (QED) is 0.434. The molecule has 1 aromatic carbocycles. The molecule has 0 atom stereocenters. The Morgan fingerprint density at radius 2 is 2.00 bits per heavy atom. The summed E-state index contributed by atoms with van der Waals surface area (Å²) >= 11 is 0. The molecule has 0 bridgehead atoms. The van der Waals surface area contributed by atoms with E-state index in [1.165, 1.54) is 0 Å². The van der Waals surface area contributed by atoms with E-state index < -0.39 is 0 Å². The lowest BCUT2D eigenvalue weighted by atomic mass is 10.1. The number of rotatable bonds is 4. The standard InChI is InChI=1S/C8H9NO4/c10-9(11)6-5-7-1-3-8(13-12)4-2-7/h1-4,12H,5-6H2. The molecule has 1 rings (SSSR count). The normalized spacial score (nSPS) is 9.62. The van der Waals surface area contributed by atoms with Crippen molar-refractivity contribution in [2.24, 2.45) is 0 Å². The van der Waals surface area contributed by atoms with E-state index in [9.17, 15) is 10.1 Å². The Morgan fingerprint density at radius 1 is 1.38 bits per heavy atom. The maximum Gasteiger partial charge on any atom is 0.207 e. The Balaban J connectivity index is 2.54. The van der Waals surface area contributed by atoms with Gasteiger partial charge in [-0.1, -0.05) is 12.1 Å². The van der Waals surface area contributed by atoms with E-state index in [2.05, 4.69) is 4.89 Å². The van der Waals surface area contributed by atoms with Crippen molar-refractivity contribution in [2.45, 2.75) is 6.42 Å². The van der Waals surface area contributed by atoms with Crippen molar-refractivity contribution in [3.8, 4) is 5.75 Å². The van der Waals surface area contributed by atoms with Crippen LogP contribution in [0.25, 0.3) is 0 Å². The van der Waals surface area contributed by atoms with Gasteiger partial charge in [0.1, 0.15) is 0 Å². The van der Waals surface area contributed by atoms with E-state index in [1.54, 1.807) is 24.3 Å². The van der Waals surface area contributed by atoms with Crippen LogP contribution in [-0.2, 0) is 6.42 Å². The Morgan fingerprint density at radius 3 is 2.46 bits per heavy atom. The fraction of sp³-hybridized carbons (Fsp3) is 0.250. The predicted octanol–water partition coefficient (Wildman–Crippen LogP) is 1.36. The monoisotopic (exact) mass is 183 g/mol. The highest BCUT2D eigenvalue weighted by Gasteiger charge is 1.99. The lowest BCUT2D eigenvalue weighted by Gasteiger charge is -1.98. The third-order valence-electron chi connectivity index (χ3n) is 1.61. The van der Waals surface area contributed by atoms with Crippen molar-refractivity contribution in [3.05, 3.63) is 39.9 Å². The molecule has 0 aromatic heterocycles. The van der Waals surface area contributed by atoms with Crippen LogP contribution in [0.15, 0.2) is 24.3 Å². The number of benzene rings is 1. The minimum atomic E-state index is -0.365. The van der Waals surface area contributed by atoms with E-state index in [4.69, 9.17) is 5.26 Å². The van der Waals surface area contributed by atoms with E-state index in [-0.39, 0.29) is 11.5 Å². The molecule has 0 aliphatic heterocycles. The van der Waals surface area contributed by atoms with Gasteiger partial charge in [-0.2, -0.15) is 0 Å². The molecule has 0 saturated carbocycles. The van der Waals surface area contributed by atoms with Gasteiger partial charge < -0.3 is 4.89 Å². The fourth-order valence-corrected chi connectivity index (χ4v) is 0.937. The molecular weight excluding hydrogens is 174 g/mol. The SMILES string of the molecule is O=[N+]([O-])CCc1ccc(OO)cc1. The van der Waals surface area contributed by atoms with Crippen molar-refractivity contribution in [2.75, 3.05) is 6.54 Å². The molecule has 13 heavy (non-hydrogen) atoms. The topological polar surface area (TPSA) is 72.6 Å². The molecule has 5 nitrogen and oxygen atoms in total. The second kappa shape index (κ2) is 4.42. The Kier molecular flexibility index (Phi) is 3.22. The van der Waals surface area contributed by atoms with Crippen LogP contribution in [0.3, 0.4) is 0 Å². The molecular formula is C8H9NO4. The average molecular weight is 183 g/mol. The largest absolute Gasteiger partial charge is 0.340 e. The summed E-state index contributed by atoms with van der Waals surface area (Å²) in [5.74, 6) is 0.324. The van der Waals surface area contributed by atoms with Crippen LogP contribution >= 0.6 is 0 Å². The number of nitro groups is 1. The zero-order chi connectivity index (χ0) is 9.68. The zero-order valence-corrected chi connectivity index (χ0v) is 6.84. The zero-order valence-electron chi connectivity index (χ0n) is 6.84. The second-order valence-electron chi connectivity index (χ2n) is 2.54. The highest BCUT2D eigenvalue weighted by molar-refractivity contribution is 5.26. The third-order valence-corrected chi connectivity index (χ3v) is 1.61. The first kappa shape index (κ1) is 9.47. The van der Waals surface area contributed by atoms with Gasteiger partial charge in [-0.3, -0.25) is 10.1 Å². The molecule has 0 aliphatic rings. The minimum absolute atomic E-state index is 0.0840. The van der Waals surface area contributed by atoms with Crippen molar-refractivity contribution >= 4 is 0 Å². The van der Waals surface area contributed by atoms with Gasteiger partial charge in [0.25, 0.3) is 0 Å². The molecule has 0 fully saturated rings. The van der Waals surface area contributed by atoms with Crippen LogP contribution in [-0.4, -0.2) is 16.7 Å². The highest BCUT2D eigenvalue weighted by Crippen LogP contribution is 2.11. The van der Waals surface area contributed by atoms with E-state index in [0.29, 0.717) is 12.2 Å². The molecule has 0 aliphatic carbocycles. The molecule has 70 valence electrons. The lowest BCUT2D eigenvalue weighted by molar-refractivity contribution is -0.479. The van der Waals surface area contributed by atoms with Crippen molar-refractivity contribution in [1.82, 2.24) is 0 Å². The van der Waals surface area contributed by atoms with Gasteiger partial charge in [0.15, 0.2) is 5.75 Å². The molecule has 0 saturated heterocycles. The summed E-state index contributed by atoms with van der Waals surface area (Å²) in [4.78, 5) is 13.6. The van der Waals surface area contributed by atoms with Gasteiger partial charge in [0.2, 0.25) is 6.54 Å². The molecule has 5 heteroatoms. The number of hydrogen-bond donors (Lipinski definition) is 1. The summed E-state index contributed by atoms with van der Waals surface area (Å²) in [7, 11) is 0. The van der Waals surface area contributed by atoms with Crippen LogP contribution in [0.1, 0.15) is 5.56 Å². The first-order chi connectivity index (χ1) is 6.22.